The fraction of sp³-hybridized carbons (Fsp3) is 0.400. The van der Waals surface area contributed by atoms with Crippen LogP contribution in [0.5, 0.6) is 0 Å². The van der Waals surface area contributed by atoms with Crippen molar-refractivity contribution in [2.24, 2.45) is 0 Å². The molecule has 0 radical (unpaired) electrons. The third-order valence-corrected chi connectivity index (χ3v) is 1.65. The predicted molar refractivity (Wildman–Crippen MR) is 56.5 cm³/mol. The zero-order valence-corrected chi connectivity index (χ0v) is 8.31. The van der Waals surface area contributed by atoms with Crippen LogP contribution in [0.2, 0.25) is 0 Å². The zero-order valence-electron chi connectivity index (χ0n) is 8.31. The summed E-state index contributed by atoms with van der Waals surface area (Å²) in [6, 6.07) is 5.84. The Bertz CT molecular complexity index is 231. The van der Waals surface area contributed by atoms with E-state index in [4.69, 9.17) is 5.73 Å². The molecule has 2 heteroatoms. The van der Waals surface area contributed by atoms with E-state index in [1.165, 1.54) is 0 Å². The molecule has 0 saturated carbocycles. The highest BCUT2D eigenvalue weighted by Crippen LogP contribution is 2.19. The maximum Gasteiger partial charge on any atom is 0.0387 e. The number of benzene rings is 1. The number of nitrogen functional groups attached to an aromatic ring is 1. The molecular formula is C10H18N2. The highest BCUT2D eigenvalue weighted by atomic mass is 14.8. The quantitative estimate of drug-likeness (QED) is 0.629. The van der Waals surface area contributed by atoms with Crippen LogP contribution in [-0.4, -0.2) is 7.05 Å². The molecule has 12 heavy (non-hydrogen) atoms. The van der Waals surface area contributed by atoms with Gasteiger partial charge in [-0.2, -0.15) is 0 Å². The molecule has 0 bridgehead atoms. The predicted octanol–water partition coefficient (Wildman–Crippen LogP) is 2.65. The summed E-state index contributed by atoms with van der Waals surface area (Å²) in [6.45, 7) is 6.00. The molecule has 0 aliphatic heterocycles. The number of hydrogen-bond donors (Lipinski definition) is 2. The van der Waals surface area contributed by atoms with E-state index in [9.17, 15) is 0 Å². The molecule has 0 heterocycles. The van der Waals surface area contributed by atoms with Crippen LogP contribution in [0.25, 0.3) is 0 Å². The van der Waals surface area contributed by atoms with E-state index < -0.39 is 0 Å². The topological polar surface area (TPSA) is 38.0 Å². The van der Waals surface area contributed by atoms with Gasteiger partial charge in [-0.25, -0.2) is 0 Å². The average molecular weight is 166 g/mol. The third-order valence-electron chi connectivity index (χ3n) is 1.65. The minimum atomic E-state index is 0.840. The molecular weight excluding hydrogens is 148 g/mol. The van der Waals surface area contributed by atoms with Crippen LogP contribution < -0.4 is 11.1 Å². The largest absolute Gasteiger partial charge is 0.398 e. The minimum absolute atomic E-state index is 0.840. The number of anilines is 2. The van der Waals surface area contributed by atoms with Gasteiger partial charge in [0.05, 0.1) is 0 Å². The molecule has 0 aliphatic rings. The first kappa shape index (κ1) is 10.8. The van der Waals surface area contributed by atoms with Gasteiger partial charge in [0.1, 0.15) is 0 Å². The molecule has 0 fully saturated rings. The van der Waals surface area contributed by atoms with Gasteiger partial charge in [-0.05, 0) is 24.6 Å². The number of nitrogens with one attached hydrogen (secondary N) is 1. The Kier molecular flexibility index (Phi) is 4.93. The first-order valence-electron chi connectivity index (χ1n) is 4.28. The maximum absolute atomic E-state index is 5.66. The van der Waals surface area contributed by atoms with E-state index in [1.807, 2.05) is 46.0 Å². The lowest BCUT2D eigenvalue weighted by Gasteiger charge is -2.05. The van der Waals surface area contributed by atoms with E-state index in [2.05, 4.69) is 5.32 Å². The van der Waals surface area contributed by atoms with E-state index in [1.54, 1.807) is 0 Å². The van der Waals surface area contributed by atoms with Crippen molar-refractivity contribution in [3.8, 4) is 0 Å². The first-order valence-corrected chi connectivity index (χ1v) is 4.28. The summed E-state index contributed by atoms with van der Waals surface area (Å²) in [4.78, 5) is 0. The molecule has 68 valence electrons. The summed E-state index contributed by atoms with van der Waals surface area (Å²) in [5.74, 6) is 0. The fourth-order valence-corrected chi connectivity index (χ4v) is 0.924. The van der Waals surface area contributed by atoms with Crippen LogP contribution in [0.3, 0.4) is 0 Å². The van der Waals surface area contributed by atoms with Gasteiger partial charge in [0.2, 0.25) is 0 Å². The van der Waals surface area contributed by atoms with Gasteiger partial charge in [0.25, 0.3) is 0 Å². The van der Waals surface area contributed by atoms with Crippen molar-refractivity contribution in [3.63, 3.8) is 0 Å². The van der Waals surface area contributed by atoms with Gasteiger partial charge in [-0.15, -0.1) is 0 Å². The maximum atomic E-state index is 5.66. The number of hydrogen-bond acceptors (Lipinski definition) is 2. The molecule has 0 unspecified atom stereocenters. The number of rotatable bonds is 1. The first-order chi connectivity index (χ1) is 5.75. The van der Waals surface area contributed by atoms with Crippen molar-refractivity contribution in [1.29, 1.82) is 0 Å². The van der Waals surface area contributed by atoms with Crippen LogP contribution in [-0.2, 0) is 0 Å². The molecule has 0 spiro atoms. The molecule has 0 amide bonds. The van der Waals surface area contributed by atoms with Gasteiger partial charge in [0, 0.05) is 18.4 Å². The highest BCUT2D eigenvalue weighted by molar-refractivity contribution is 5.62. The number of nitrogens with two attached hydrogens (primary N) is 1. The molecule has 2 nitrogen and oxygen atoms in total. The molecule has 1 rings (SSSR count). The van der Waals surface area contributed by atoms with Crippen LogP contribution in [0.1, 0.15) is 19.4 Å². The second-order valence-electron chi connectivity index (χ2n) is 2.27. The summed E-state index contributed by atoms with van der Waals surface area (Å²) in [5.41, 5.74) is 8.71. The van der Waals surface area contributed by atoms with Crippen LogP contribution in [0.15, 0.2) is 18.2 Å². The standard InChI is InChI=1S/C8H12N2.C2H6/c1-6-7(9)4-3-5-8(6)10-2;1-2/h3-5,10H,9H2,1-2H3;1-2H3. The SMILES string of the molecule is CC.CNc1cccc(N)c1C. The van der Waals surface area contributed by atoms with Crippen molar-refractivity contribution in [2.75, 3.05) is 18.1 Å². The van der Waals surface area contributed by atoms with Gasteiger partial charge in [-0.3, -0.25) is 0 Å². The van der Waals surface area contributed by atoms with Gasteiger partial charge in [-0.1, -0.05) is 19.9 Å². The van der Waals surface area contributed by atoms with E-state index in [-0.39, 0.29) is 0 Å². The molecule has 1 aromatic carbocycles. The summed E-state index contributed by atoms with van der Waals surface area (Å²) >= 11 is 0. The smallest absolute Gasteiger partial charge is 0.0387 e. The van der Waals surface area contributed by atoms with Crippen LogP contribution >= 0.6 is 0 Å². The Morgan fingerprint density at radius 1 is 1.25 bits per heavy atom. The van der Waals surface area contributed by atoms with Crippen molar-refractivity contribution >= 4 is 11.4 Å². The summed E-state index contributed by atoms with van der Waals surface area (Å²) in [7, 11) is 1.89. The Balaban J connectivity index is 0.000000561. The van der Waals surface area contributed by atoms with Crippen LogP contribution in [0, 0.1) is 6.92 Å². The Morgan fingerprint density at radius 3 is 2.25 bits per heavy atom. The second-order valence-corrected chi connectivity index (χ2v) is 2.27. The van der Waals surface area contributed by atoms with Gasteiger partial charge < -0.3 is 11.1 Å². The normalized spacial score (nSPS) is 8.33. The minimum Gasteiger partial charge on any atom is -0.398 e. The molecule has 3 N–H and O–H groups in total. The fourth-order valence-electron chi connectivity index (χ4n) is 0.924. The summed E-state index contributed by atoms with van der Waals surface area (Å²) < 4.78 is 0. The highest BCUT2D eigenvalue weighted by Gasteiger charge is 1.96. The Labute approximate surface area is 74.8 Å². The van der Waals surface area contributed by atoms with Crippen molar-refractivity contribution in [2.45, 2.75) is 20.8 Å². The van der Waals surface area contributed by atoms with Crippen LogP contribution in [0.4, 0.5) is 11.4 Å². The molecule has 0 saturated heterocycles. The van der Waals surface area contributed by atoms with E-state index in [0.717, 1.165) is 16.9 Å². The van der Waals surface area contributed by atoms with Crippen molar-refractivity contribution in [3.05, 3.63) is 23.8 Å². The van der Waals surface area contributed by atoms with E-state index in [0.29, 0.717) is 0 Å². The lowest BCUT2D eigenvalue weighted by atomic mass is 10.1. The summed E-state index contributed by atoms with van der Waals surface area (Å²) in [6.07, 6.45) is 0. The Hall–Kier alpha value is -1.18. The Morgan fingerprint density at radius 2 is 1.83 bits per heavy atom. The van der Waals surface area contributed by atoms with E-state index >= 15 is 0 Å². The molecule has 0 aromatic heterocycles. The second kappa shape index (κ2) is 5.47. The average Bonchev–Trinajstić information content (AvgIpc) is 2.13. The van der Waals surface area contributed by atoms with Gasteiger partial charge >= 0.3 is 0 Å². The lowest BCUT2D eigenvalue weighted by Crippen LogP contribution is -1.95. The summed E-state index contributed by atoms with van der Waals surface area (Å²) in [5, 5.41) is 3.06. The molecule has 0 aliphatic carbocycles. The molecule has 1 aromatic rings. The van der Waals surface area contributed by atoms with Crippen molar-refractivity contribution < 1.29 is 0 Å². The third kappa shape index (κ3) is 2.46. The van der Waals surface area contributed by atoms with Crippen molar-refractivity contribution in [1.82, 2.24) is 0 Å². The molecule has 0 atom stereocenters. The van der Waals surface area contributed by atoms with Gasteiger partial charge in [0.15, 0.2) is 0 Å². The monoisotopic (exact) mass is 166 g/mol. The lowest BCUT2D eigenvalue weighted by molar-refractivity contribution is 1.41. The zero-order chi connectivity index (χ0) is 9.56.